The molecule has 0 aliphatic heterocycles. The highest BCUT2D eigenvalue weighted by Crippen LogP contribution is 2.38. The molecule has 1 N–H and O–H groups in total. The van der Waals surface area contributed by atoms with Crippen LogP contribution in [0, 0.1) is 5.82 Å². The molecule has 2 aromatic heterocycles. The summed E-state index contributed by atoms with van der Waals surface area (Å²) >= 11 is 12.6. The number of alkyl halides is 4. The van der Waals surface area contributed by atoms with Crippen LogP contribution in [0.1, 0.15) is 11.4 Å². The maximum absolute atomic E-state index is 14.7. The zero-order chi connectivity index (χ0) is 20.3. The highest BCUT2D eigenvalue weighted by molar-refractivity contribution is 9.11. The molecule has 0 spiro atoms. The molecule has 0 unspecified atom stereocenters. The van der Waals surface area contributed by atoms with Crippen LogP contribution in [0.25, 0.3) is 16.6 Å². The van der Waals surface area contributed by atoms with E-state index in [2.05, 4.69) is 36.8 Å². The van der Waals surface area contributed by atoms with Crippen LogP contribution in [0.5, 0.6) is 0 Å². The molecule has 0 saturated carbocycles. The highest BCUT2D eigenvalue weighted by Gasteiger charge is 2.35. The summed E-state index contributed by atoms with van der Waals surface area (Å²) in [5.41, 5.74) is -4.08. The lowest BCUT2D eigenvalue weighted by molar-refractivity contribution is -0.144. The second kappa shape index (κ2) is 6.78. The van der Waals surface area contributed by atoms with Gasteiger partial charge in [0.25, 0.3) is 5.56 Å². The first kappa shape index (κ1) is 20.2. The van der Waals surface area contributed by atoms with Gasteiger partial charge in [-0.15, -0.1) is 0 Å². The third-order valence-corrected chi connectivity index (χ3v) is 5.67. The molecule has 0 saturated heterocycles. The molecule has 0 atom stereocenters. The van der Waals surface area contributed by atoms with Gasteiger partial charge in [0.1, 0.15) is 11.4 Å². The molecular formula is C15H8Br2ClF4N3O2. The van der Waals surface area contributed by atoms with Crippen LogP contribution < -0.4 is 11.2 Å². The number of halogens is 7. The number of hydrogen-bond donors (Lipinski definition) is 1. The topological polar surface area (TPSA) is 59.8 Å². The Morgan fingerprint density at radius 1 is 1.26 bits per heavy atom. The Morgan fingerprint density at radius 2 is 1.89 bits per heavy atom. The normalized spacial score (nSPS) is 12.1. The second-order valence-corrected chi connectivity index (χ2v) is 7.29. The van der Waals surface area contributed by atoms with E-state index >= 15 is 0 Å². The summed E-state index contributed by atoms with van der Waals surface area (Å²) in [6, 6.07) is 1.13. The van der Waals surface area contributed by atoms with Crippen LogP contribution in [0.3, 0.4) is 0 Å². The fourth-order valence-corrected chi connectivity index (χ4v) is 4.56. The van der Waals surface area contributed by atoms with Crippen molar-refractivity contribution in [2.75, 3.05) is 0 Å². The molecule has 2 heterocycles. The standard InChI is InChI=1S/C15H8Br2ClF4N3O2/c1-24-8(15(20,21)22)3-9(26)25(14(24)27)13-6(19)2-5(18)10-11(17)7(4-16)23-12(10)13/h2-3,23H,4H2,1H3. The summed E-state index contributed by atoms with van der Waals surface area (Å²) < 4.78 is 54.8. The van der Waals surface area contributed by atoms with E-state index in [-0.39, 0.29) is 26.6 Å². The van der Waals surface area contributed by atoms with Crippen molar-refractivity contribution in [3.8, 4) is 5.69 Å². The number of nitrogens with zero attached hydrogens (tertiary/aromatic N) is 2. The summed E-state index contributed by atoms with van der Waals surface area (Å²) in [4.78, 5) is 27.6. The summed E-state index contributed by atoms with van der Waals surface area (Å²) in [6.07, 6.45) is -4.92. The third kappa shape index (κ3) is 3.15. The van der Waals surface area contributed by atoms with Gasteiger partial charge in [-0.25, -0.2) is 13.8 Å². The molecule has 27 heavy (non-hydrogen) atoms. The maximum Gasteiger partial charge on any atom is 0.431 e. The van der Waals surface area contributed by atoms with E-state index in [1.54, 1.807) is 0 Å². The first-order valence-electron chi connectivity index (χ1n) is 7.13. The third-order valence-electron chi connectivity index (χ3n) is 3.93. The van der Waals surface area contributed by atoms with Crippen molar-refractivity contribution in [2.24, 2.45) is 7.05 Å². The number of H-pyrrole nitrogens is 1. The lowest BCUT2D eigenvalue weighted by Crippen LogP contribution is -2.41. The molecule has 3 rings (SSSR count). The van der Waals surface area contributed by atoms with Crippen molar-refractivity contribution in [1.82, 2.24) is 14.1 Å². The van der Waals surface area contributed by atoms with Crippen molar-refractivity contribution in [1.29, 1.82) is 0 Å². The lowest BCUT2D eigenvalue weighted by atomic mass is 10.2. The summed E-state index contributed by atoms with van der Waals surface area (Å²) in [5.74, 6) is -1.04. The van der Waals surface area contributed by atoms with E-state index < -0.39 is 34.6 Å². The van der Waals surface area contributed by atoms with Crippen LogP contribution in [-0.4, -0.2) is 14.1 Å². The van der Waals surface area contributed by atoms with E-state index in [9.17, 15) is 27.2 Å². The predicted octanol–water partition coefficient (Wildman–Crippen LogP) is 4.49. The number of aromatic nitrogens is 3. The highest BCUT2D eigenvalue weighted by atomic mass is 79.9. The summed E-state index contributed by atoms with van der Waals surface area (Å²) in [6.45, 7) is 0. The Bertz CT molecular complexity index is 1200. The van der Waals surface area contributed by atoms with Gasteiger partial charge in [-0.05, 0) is 22.0 Å². The Labute approximate surface area is 169 Å². The number of fused-ring (bicyclic) bond motifs is 1. The number of benzene rings is 1. The minimum atomic E-state index is -4.92. The van der Waals surface area contributed by atoms with E-state index in [4.69, 9.17) is 11.6 Å². The molecule has 0 aliphatic rings. The molecule has 0 amide bonds. The van der Waals surface area contributed by atoms with Crippen molar-refractivity contribution in [3.63, 3.8) is 0 Å². The predicted molar refractivity (Wildman–Crippen MR) is 99.4 cm³/mol. The lowest BCUT2D eigenvalue weighted by Gasteiger charge is -2.15. The second-order valence-electron chi connectivity index (χ2n) is 5.53. The van der Waals surface area contributed by atoms with Gasteiger partial charge >= 0.3 is 11.9 Å². The van der Waals surface area contributed by atoms with Gasteiger partial charge in [-0.3, -0.25) is 9.36 Å². The minimum absolute atomic E-state index is 0.000263. The van der Waals surface area contributed by atoms with Crippen LogP contribution >= 0.6 is 43.5 Å². The van der Waals surface area contributed by atoms with Crippen LogP contribution in [0.15, 0.2) is 26.2 Å². The van der Waals surface area contributed by atoms with E-state index in [1.807, 2.05) is 0 Å². The first-order chi connectivity index (χ1) is 12.5. The molecule has 0 bridgehead atoms. The van der Waals surface area contributed by atoms with Crippen LogP contribution in [0.4, 0.5) is 17.6 Å². The van der Waals surface area contributed by atoms with E-state index in [0.717, 1.165) is 13.1 Å². The van der Waals surface area contributed by atoms with E-state index in [1.165, 1.54) is 0 Å². The Kier molecular flexibility index (Phi) is 5.06. The number of nitrogens with one attached hydrogen (secondary N) is 1. The van der Waals surface area contributed by atoms with Gasteiger partial charge in [0.05, 0.1) is 10.5 Å². The summed E-state index contributed by atoms with van der Waals surface area (Å²) in [7, 11) is 0.848. The van der Waals surface area contributed by atoms with Crippen LogP contribution in [-0.2, 0) is 18.6 Å². The van der Waals surface area contributed by atoms with Crippen molar-refractivity contribution >= 4 is 54.4 Å². The van der Waals surface area contributed by atoms with Gasteiger partial charge in [0, 0.05) is 34.0 Å². The SMILES string of the molecule is Cn1c(C(F)(F)F)cc(=O)n(-c2c(F)cc(Cl)c3c(Br)c(CBr)[nH]c23)c1=O. The molecule has 1 aromatic carbocycles. The fourth-order valence-electron chi connectivity index (χ4n) is 2.72. The Balaban J connectivity index is 2.50. The van der Waals surface area contributed by atoms with Gasteiger partial charge in [-0.2, -0.15) is 13.2 Å². The average Bonchev–Trinajstić information content (AvgIpc) is 2.89. The van der Waals surface area contributed by atoms with Gasteiger partial charge in [-0.1, -0.05) is 27.5 Å². The number of hydrogen-bond acceptors (Lipinski definition) is 2. The maximum atomic E-state index is 14.7. The van der Waals surface area contributed by atoms with E-state index in [0.29, 0.717) is 20.1 Å². The first-order valence-corrected chi connectivity index (χ1v) is 9.43. The van der Waals surface area contributed by atoms with Crippen molar-refractivity contribution < 1.29 is 17.6 Å². The summed E-state index contributed by atoms with van der Waals surface area (Å²) in [5, 5.41) is 0.592. The molecular weight excluding hydrogens is 525 g/mol. The Morgan fingerprint density at radius 3 is 2.44 bits per heavy atom. The van der Waals surface area contributed by atoms with Gasteiger partial charge < -0.3 is 4.98 Å². The number of aromatic amines is 1. The largest absolute Gasteiger partial charge is 0.431 e. The van der Waals surface area contributed by atoms with Crippen molar-refractivity contribution in [2.45, 2.75) is 11.5 Å². The Hall–Kier alpha value is -1.59. The molecule has 12 heteroatoms. The smallest absolute Gasteiger partial charge is 0.355 e. The van der Waals surface area contributed by atoms with Crippen LogP contribution in [0.2, 0.25) is 5.02 Å². The molecule has 0 aliphatic carbocycles. The average molecular weight is 534 g/mol. The molecule has 5 nitrogen and oxygen atoms in total. The monoisotopic (exact) mass is 531 g/mol. The quantitative estimate of drug-likeness (QED) is 0.390. The zero-order valence-corrected chi connectivity index (χ0v) is 17.1. The fraction of sp³-hybridized carbons (Fsp3) is 0.200. The molecule has 3 aromatic rings. The molecule has 144 valence electrons. The van der Waals surface area contributed by atoms with Crippen molar-refractivity contribution in [3.05, 3.63) is 59.7 Å². The molecule has 0 fully saturated rings. The van der Waals surface area contributed by atoms with Gasteiger partial charge in [0.2, 0.25) is 0 Å². The minimum Gasteiger partial charge on any atom is -0.355 e. The molecule has 0 radical (unpaired) electrons. The zero-order valence-electron chi connectivity index (χ0n) is 13.2. The number of rotatable bonds is 2. The van der Waals surface area contributed by atoms with Gasteiger partial charge in [0.15, 0.2) is 5.82 Å².